The number of amides is 1. The van der Waals surface area contributed by atoms with Crippen molar-refractivity contribution in [1.82, 2.24) is 10.9 Å². The summed E-state index contributed by atoms with van der Waals surface area (Å²) in [5, 5.41) is 2.87. The van der Waals surface area contributed by atoms with Crippen molar-refractivity contribution in [3.05, 3.63) is 64.7 Å². The Hall–Kier alpha value is -1.90. The molecule has 2 aromatic rings. The van der Waals surface area contributed by atoms with Gasteiger partial charge >= 0.3 is 0 Å². The molecular formula is C16H14ClF2N3OS2. The summed E-state index contributed by atoms with van der Waals surface area (Å²) in [5.74, 6) is -0.301. The topological polar surface area (TPSA) is 53.2 Å². The van der Waals surface area contributed by atoms with Crippen LogP contribution in [-0.4, -0.2) is 16.8 Å². The van der Waals surface area contributed by atoms with Gasteiger partial charge in [-0.1, -0.05) is 23.7 Å². The first-order valence-corrected chi connectivity index (χ1v) is 9.01. The molecule has 0 heterocycles. The molecule has 0 saturated carbocycles. The van der Waals surface area contributed by atoms with Gasteiger partial charge in [0.2, 0.25) is 5.91 Å². The third kappa shape index (κ3) is 6.85. The SMILES string of the molecule is O=C(CSCc1ccc(F)cc1)NNC(=S)Nc1ccc(F)c(Cl)c1. The summed E-state index contributed by atoms with van der Waals surface area (Å²) >= 11 is 12.1. The lowest BCUT2D eigenvalue weighted by atomic mass is 10.2. The van der Waals surface area contributed by atoms with Gasteiger partial charge in [-0.15, -0.1) is 11.8 Å². The van der Waals surface area contributed by atoms with Crippen LogP contribution in [0.15, 0.2) is 42.5 Å². The van der Waals surface area contributed by atoms with Crippen molar-refractivity contribution in [2.75, 3.05) is 11.1 Å². The quantitative estimate of drug-likeness (QED) is 0.524. The molecule has 0 bridgehead atoms. The molecule has 2 aromatic carbocycles. The molecule has 9 heteroatoms. The van der Waals surface area contributed by atoms with Crippen molar-refractivity contribution in [2.24, 2.45) is 0 Å². The predicted octanol–water partition coefficient (Wildman–Crippen LogP) is 3.87. The van der Waals surface area contributed by atoms with Crippen molar-refractivity contribution < 1.29 is 13.6 Å². The molecule has 4 nitrogen and oxygen atoms in total. The monoisotopic (exact) mass is 401 g/mol. The highest BCUT2D eigenvalue weighted by atomic mass is 35.5. The number of anilines is 1. The Bertz CT molecular complexity index is 760. The van der Waals surface area contributed by atoms with Crippen LogP contribution in [0.2, 0.25) is 5.02 Å². The van der Waals surface area contributed by atoms with Crippen molar-refractivity contribution in [2.45, 2.75) is 5.75 Å². The maximum absolute atomic E-state index is 13.1. The first-order chi connectivity index (χ1) is 11.9. The van der Waals surface area contributed by atoms with E-state index in [-0.39, 0.29) is 27.6 Å². The highest BCUT2D eigenvalue weighted by Crippen LogP contribution is 2.19. The van der Waals surface area contributed by atoms with E-state index in [0.717, 1.165) is 5.56 Å². The fourth-order valence-electron chi connectivity index (χ4n) is 1.74. The van der Waals surface area contributed by atoms with E-state index in [0.29, 0.717) is 11.4 Å². The molecule has 0 aliphatic carbocycles. The maximum Gasteiger partial charge on any atom is 0.248 e. The van der Waals surface area contributed by atoms with Gasteiger partial charge in [-0.3, -0.25) is 15.6 Å². The van der Waals surface area contributed by atoms with Crippen LogP contribution in [0.25, 0.3) is 0 Å². The molecule has 25 heavy (non-hydrogen) atoms. The van der Waals surface area contributed by atoms with Gasteiger partial charge in [-0.05, 0) is 48.1 Å². The van der Waals surface area contributed by atoms with E-state index in [1.807, 2.05) is 0 Å². The zero-order valence-corrected chi connectivity index (χ0v) is 15.2. The molecule has 132 valence electrons. The first kappa shape index (κ1) is 19.4. The molecule has 0 unspecified atom stereocenters. The van der Waals surface area contributed by atoms with Crippen molar-refractivity contribution >= 4 is 52.3 Å². The van der Waals surface area contributed by atoms with Gasteiger partial charge < -0.3 is 5.32 Å². The standard InChI is InChI=1S/C16H14ClF2N3OS2/c17-13-7-12(5-6-14(13)19)20-16(24)22-21-15(23)9-25-8-10-1-3-11(18)4-2-10/h1-7H,8-9H2,(H,21,23)(H2,20,22,24). The van der Waals surface area contributed by atoms with Crippen molar-refractivity contribution in [3.8, 4) is 0 Å². The minimum atomic E-state index is -0.530. The Labute approximate surface area is 158 Å². The van der Waals surface area contributed by atoms with E-state index in [2.05, 4.69) is 16.2 Å². The summed E-state index contributed by atoms with van der Waals surface area (Å²) in [4.78, 5) is 11.7. The summed E-state index contributed by atoms with van der Waals surface area (Å²) in [6.45, 7) is 0. The van der Waals surface area contributed by atoms with Crippen LogP contribution < -0.4 is 16.2 Å². The van der Waals surface area contributed by atoms with Crippen LogP contribution in [0.1, 0.15) is 5.56 Å². The number of halogens is 3. The van der Waals surface area contributed by atoms with Crippen molar-refractivity contribution in [3.63, 3.8) is 0 Å². The summed E-state index contributed by atoms with van der Waals surface area (Å²) in [7, 11) is 0. The highest BCUT2D eigenvalue weighted by molar-refractivity contribution is 7.99. The fraction of sp³-hybridized carbons (Fsp3) is 0.125. The molecule has 0 atom stereocenters. The second kappa shape index (κ2) is 9.55. The molecule has 2 rings (SSSR count). The largest absolute Gasteiger partial charge is 0.331 e. The summed E-state index contributed by atoms with van der Waals surface area (Å²) in [6, 6.07) is 10.2. The summed E-state index contributed by atoms with van der Waals surface area (Å²) in [6.07, 6.45) is 0. The van der Waals surface area contributed by atoms with Gasteiger partial charge in [0.05, 0.1) is 10.8 Å². The van der Waals surface area contributed by atoms with E-state index in [4.69, 9.17) is 23.8 Å². The Morgan fingerprint density at radius 2 is 1.84 bits per heavy atom. The second-order valence-corrected chi connectivity index (χ2v) is 6.68. The lowest BCUT2D eigenvalue weighted by Gasteiger charge is -2.12. The average Bonchev–Trinajstić information content (AvgIpc) is 2.58. The van der Waals surface area contributed by atoms with Gasteiger partial charge in [0, 0.05) is 11.4 Å². The van der Waals surface area contributed by atoms with Crippen LogP contribution in [0.5, 0.6) is 0 Å². The lowest BCUT2D eigenvalue weighted by molar-refractivity contribution is -0.119. The number of hydrogen-bond acceptors (Lipinski definition) is 3. The number of nitrogens with one attached hydrogen (secondary N) is 3. The first-order valence-electron chi connectivity index (χ1n) is 7.07. The molecule has 0 saturated heterocycles. The smallest absolute Gasteiger partial charge is 0.248 e. The number of benzene rings is 2. The Balaban J connectivity index is 1.67. The number of hydrogen-bond donors (Lipinski definition) is 3. The molecule has 0 aromatic heterocycles. The number of rotatable bonds is 5. The van der Waals surface area contributed by atoms with Gasteiger partial charge in [-0.25, -0.2) is 8.78 Å². The minimum Gasteiger partial charge on any atom is -0.331 e. The molecule has 1 amide bonds. The summed E-state index contributed by atoms with van der Waals surface area (Å²) in [5.41, 5.74) is 6.40. The Kier molecular flexibility index (Phi) is 7.42. The molecular weight excluding hydrogens is 388 g/mol. The van der Waals surface area contributed by atoms with E-state index in [9.17, 15) is 13.6 Å². The third-order valence-corrected chi connectivity index (χ3v) is 4.41. The van der Waals surface area contributed by atoms with E-state index in [1.165, 1.54) is 42.1 Å². The third-order valence-electron chi connectivity index (χ3n) is 2.91. The minimum absolute atomic E-state index is 0.0333. The number of carbonyl (C=O) groups is 1. The van der Waals surface area contributed by atoms with Crippen LogP contribution in [0.3, 0.4) is 0 Å². The van der Waals surface area contributed by atoms with Crippen LogP contribution in [0, 0.1) is 11.6 Å². The second-order valence-electron chi connectivity index (χ2n) is 4.88. The predicted molar refractivity (Wildman–Crippen MR) is 101 cm³/mol. The number of hydrazine groups is 1. The van der Waals surface area contributed by atoms with Crippen LogP contribution in [0.4, 0.5) is 14.5 Å². The Morgan fingerprint density at radius 3 is 2.52 bits per heavy atom. The fourth-order valence-corrected chi connectivity index (χ4v) is 2.88. The van der Waals surface area contributed by atoms with Gasteiger partial charge in [0.15, 0.2) is 5.11 Å². The number of thiocarbonyl (C=S) groups is 1. The van der Waals surface area contributed by atoms with Gasteiger partial charge in [-0.2, -0.15) is 0 Å². The molecule has 0 aliphatic rings. The van der Waals surface area contributed by atoms with Crippen molar-refractivity contribution in [1.29, 1.82) is 0 Å². The summed E-state index contributed by atoms with van der Waals surface area (Å²) < 4.78 is 25.9. The van der Waals surface area contributed by atoms with Gasteiger partial charge in [0.1, 0.15) is 11.6 Å². The number of carbonyl (C=O) groups excluding carboxylic acids is 1. The highest BCUT2D eigenvalue weighted by Gasteiger charge is 2.05. The number of thioether (sulfide) groups is 1. The molecule has 0 fully saturated rings. The lowest BCUT2D eigenvalue weighted by Crippen LogP contribution is -2.44. The van der Waals surface area contributed by atoms with Crippen LogP contribution in [-0.2, 0) is 10.5 Å². The Morgan fingerprint density at radius 1 is 1.12 bits per heavy atom. The maximum atomic E-state index is 13.1. The molecule has 0 radical (unpaired) electrons. The van der Waals surface area contributed by atoms with Crippen LogP contribution >= 0.6 is 35.6 Å². The zero-order valence-electron chi connectivity index (χ0n) is 12.8. The molecule has 0 aliphatic heterocycles. The zero-order chi connectivity index (χ0) is 18.2. The van der Waals surface area contributed by atoms with Gasteiger partial charge in [0.25, 0.3) is 0 Å². The molecule has 0 spiro atoms. The van der Waals surface area contributed by atoms with E-state index < -0.39 is 5.82 Å². The van der Waals surface area contributed by atoms with E-state index in [1.54, 1.807) is 12.1 Å². The normalized spacial score (nSPS) is 10.2. The molecule has 3 N–H and O–H groups in total. The average molecular weight is 402 g/mol. The van der Waals surface area contributed by atoms with E-state index >= 15 is 0 Å².